The van der Waals surface area contributed by atoms with E-state index in [1.54, 1.807) is 17.0 Å². The Hall–Kier alpha value is -4.39. The van der Waals surface area contributed by atoms with Crippen molar-refractivity contribution >= 4 is 17.8 Å². The first-order valence-corrected chi connectivity index (χ1v) is 12.4. The first-order chi connectivity index (χ1) is 17.9. The van der Waals surface area contributed by atoms with E-state index < -0.39 is 0 Å². The van der Waals surface area contributed by atoms with E-state index in [9.17, 15) is 9.59 Å². The Morgan fingerprint density at radius 2 is 1.73 bits per heavy atom. The summed E-state index contributed by atoms with van der Waals surface area (Å²) < 4.78 is 7.49. The van der Waals surface area contributed by atoms with Gasteiger partial charge in [0.2, 0.25) is 11.9 Å². The number of amides is 2. The number of hydrogen-bond donors (Lipinski definition) is 1. The van der Waals surface area contributed by atoms with E-state index in [1.807, 2.05) is 105 Å². The largest absolute Gasteiger partial charge is 0.494 e. The Morgan fingerprint density at radius 1 is 1.00 bits per heavy atom. The molecule has 3 aromatic carbocycles. The number of carbonyl (C=O) groups excluding carboxylic acids is 2. The van der Waals surface area contributed by atoms with Gasteiger partial charge in [-0.15, -0.1) is 0 Å². The van der Waals surface area contributed by atoms with E-state index in [4.69, 9.17) is 9.72 Å². The van der Waals surface area contributed by atoms with Crippen LogP contribution in [-0.2, 0) is 4.79 Å². The molecule has 7 heteroatoms. The molecule has 4 aromatic rings. The zero-order chi connectivity index (χ0) is 26.4. The summed E-state index contributed by atoms with van der Waals surface area (Å²) in [5, 5.41) is 2.93. The number of carbonyl (C=O) groups is 2. The number of anilines is 1. The number of ether oxygens (including phenoxy) is 1. The lowest BCUT2D eigenvalue weighted by atomic mass is 10.1. The summed E-state index contributed by atoms with van der Waals surface area (Å²) in [5.41, 5.74) is 4.06. The van der Waals surface area contributed by atoms with Gasteiger partial charge in [-0.25, -0.2) is 4.98 Å². The van der Waals surface area contributed by atoms with E-state index >= 15 is 0 Å². The van der Waals surface area contributed by atoms with Crippen LogP contribution in [0, 0.1) is 6.92 Å². The van der Waals surface area contributed by atoms with Crippen molar-refractivity contribution in [3.8, 4) is 22.7 Å². The Morgan fingerprint density at radius 3 is 2.41 bits per heavy atom. The fourth-order valence-electron chi connectivity index (χ4n) is 3.97. The summed E-state index contributed by atoms with van der Waals surface area (Å²) in [7, 11) is 0. The number of nitrogens with zero attached hydrogens (tertiary/aromatic N) is 3. The minimum absolute atomic E-state index is 0.100. The second kappa shape index (κ2) is 11.6. The van der Waals surface area contributed by atoms with Crippen LogP contribution in [0.25, 0.3) is 16.9 Å². The van der Waals surface area contributed by atoms with Gasteiger partial charge in [0.15, 0.2) is 0 Å². The number of imidazole rings is 1. The third-order valence-electron chi connectivity index (χ3n) is 5.93. The van der Waals surface area contributed by atoms with Gasteiger partial charge in [0.05, 0.1) is 18.0 Å². The standard InChI is InChI=1S/C30H32N4O3/c1-5-37-26-13-9-12-25(18-26)34-19-27(23-10-7-6-8-11-23)31-30(34)32-28(35)20-33(21(2)3)29(36)24-16-14-22(4)15-17-24/h6-19,21H,5,20H2,1-4H3,(H,31,32,35). The van der Waals surface area contributed by atoms with Crippen molar-refractivity contribution in [1.82, 2.24) is 14.5 Å². The van der Waals surface area contributed by atoms with Crippen LogP contribution >= 0.6 is 0 Å². The minimum Gasteiger partial charge on any atom is -0.494 e. The highest BCUT2D eigenvalue weighted by Gasteiger charge is 2.23. The fourth-order valence-corrected chi connectivity index (χ4v) is 3.97. The Labute approximate surface area is 217 Å². The molecule has 0 aliphatic rings. The van der Waals surface area contributed by atoms with Gasteiger partial charge in [-0.3, -0.25) is 19.5 Å². The van der Waals surface area contributed by atoms with E-state index in [0.717, 1.165) is 22.6 Å². The maximum Gasteiger partial charge on any atom is 0.254 e. The molecule has 0 spiro atoms. The molecule has 0 saturated carbocycles. The summed E-state index contributed by atoms with van der Waals surface area (Å²) in [6, 6.07) is 24.6. The van der Waals surface area contributed by atoms with Crippen LogP contribution < -0.4 is 10.1 Å². The van der Waals surface area contributed by atoms with Crippen molar-refractivity contribution in [2.75, 3.05) is 18.5 Å². The first kappa shape index (κ1) is 25.7. The minimum atomic E-state index is -0.332. The topological polar surface area (TPSA) is 76.5 Å². The van der Waals surface area contributed by atoms with Gasteiger partial charge in [-0.2, -0.15) is 0 Å². The molecule has 0 radical (unpaired) electrons. The molecule has 4 rings (SSSR count). The second-order valence-corrected chi connectivity index (χ2v) is 9.06. The predicted octanol–water partition coefficient (Wildman–Crippen LogP) is 5.74. The monoisotopic (exact) mass is 496 g/mol. The number of aromatic nitrogens is 2. The molecule has 0 aliphatic carbocycles. The maximum absolute atomic E-state index is 13.2. The molecule has 37 heavy (non-hydrogen) atoms. The lowest BCUT2D eigenvalue weighted by Crippen LogP contribution is -2.42. The third kappa shape index (κ3) is 6.25. The molecule has 0 unspecified atom stereocenters. The predicted molar refractivity (Wildman–Crippen MR) is 146 cm³/mol. The Balaban J connectivity index is 1.62. The molecule has 0 aliphatic heterocycles. The second-order valence-electron chi connectivity index (χ2n) is 9.06. The molecule has 7 nitrogen and oxygen atoms in total. The molecule has 0 saturated heterocycles. The average molecular weight is 497 g/mol. The van der Waals surface area contributed by atoms with Crippen LogP contribution in [0.1, 0.15) is 36.7 Å². The molecule has 1 N–H and O–H groups in total. The van der Waals surface area contributed by atoms with Gasteiger partial charge in [0, 0.05) is 29.4 Å². The summed E-state index contributed by atoms with van der Waals surface area (Å²) in [4.78, 5) is 32.7. The van der Waals surface area contributed by atoms with Crippen LogP contribution in [0.15, 0.2) is 85.1 Å². The normalized spacial score (nSPS) is 10.8. The van der Waals surface area contributed by atoms with Gasteiger partial charge in [0.1, 0.15) is 12.3 Å². The summed E-state index contributed by atoms with van der Waals surface area (Å²) in [5.74, 6) is 0.565. The number of rotatable bonds is 9. The zero-order valence-corrected chi connectivity index (χ0v) is 21.6. The van der Waals surface area contributed by atoms with Gasteiger partial charge < -0.3 is 9.64 Å². The van der Waals surface area contributed by atoms with Crippen LogP contribution in [0.5, 0.6) is 5.75 Å². The van der Waals surface area contributed by atoms with Gasteiger partial charge in [-0.05, 0) is 52.0 Å². The molecule has 0 bridgehead atoms. The highest BCUT2D eigenvalue weighted by Crippen LogP contribution is 2.26. The summed E-state index contributed by atoms with van der Waals surface area (Å²) in [6.07, 6.45) is 1.88. The van der Waals surface area contributed by atoms with E-state index in [0.29, 0.717) is 23.8 Å². The first-order valence-electron chi connectivity index (χ1n) is 12.4. The summed E-state index contributed by atoms with van der Waals surface area (Å²) >= 11 is 0. The Bertz CT molecular complexity index is 1360. The smallest absolute Gasteiger partial charge is 0.254 e. The molecule has 0 atom stereocenters. The molecule has 1 heterocycles. The molecule has 0 fully saturated rings. The van der Waals surface area contributed by atoms with Crippen molar-refractivity contribution in [2.45, 2.75) is 33.7 Å². The van der Waals surface area contributed by atoms with Crippen molar-refractivity contribution in [3.63, 3.8) is 0 Å². The van der Waals surface area contributed by atoms with E-state index in [2.05, 4.69) is 5.32 Å². The van der Waals surface area contributed by atoms with Gasteiger partial charge in [-0.1, -0.05) is 54.1 Å². The van der Waals surface area contributed by atoms with E-state index in [-0.39, 0.29) is 24.4 Å². The molecular weight excluding hydrogens is 464 g/mol. The van der Waals surface area contributed by atoms with Crippen molar-refractivity contribution in [3.05, 3.63) is 96.2 Å². The van der Waals surface area contributed by atoms with E-state index in [1.165, 1.54) is 0 Å². The van der Waals surface area contributed by atoms with Crippen LogP contribution in [0.2, 0.25) is 0 Å². The maximum atomic E-state index is 13.2. The summed E-state index contributed by atoms with van der Waals surface area (Å²) in [6.45, 7) is 8.14. The zero-order valence-electron chi connectivity index (χ0n) is 21.6. The lowest BCUT2D eigenvalue weighted by Gasteiger charge is -2.26. The average Bonchev–Trinajstić information content (AvgIpc) is 3.32. The van der Waals surface area contributed by atoms with Crippen LogP contribution in [0.4, 0.5) is 5.95 Å². The number of benzene rings is 3. The SMILES string of the molecule is CCOc1cccc(-n2cc(-c3ccccc3)nc2NC(=O)CN(C(=O)c2ccc(C)cc2)C(C)C)c1. The van der Waals surface area contributed by atoms with Crippen molar-refractivity contribution in [2.24, 2.45) is 0 Å². The number of aryl methyl sites for hydroxylation is 1. The van der Waals surface area contributed by atoms with Gasteiger partial charge >= 0.3 is 0 Å². The number of hydrogen-bond acceptors (Lipinski definition) is 4. The van der Waals surface area contributed by atoms with Crippen LogP contribution in [0.3, 0.4) is 0 Å². The molecule has 1 aromatic heterocycles. The van der Waals surface area contributed by atoms with Crippen molar-refractivity contribution < 1.29 is 14.3 Å². The lowest BCUT2D eigenvalue weighted by molar-refractivity contribution is -0.117. The fraction of sp³-hybridized carbons (Fsp3) is 0.233. The third-order valence-corrected chi connectivity index (χ3v) is 5.93. The quantitative estimate of drug-likeness (QED) is 0.321. The van der Waals surface area contributed by atoms with Gasteiger partial charge in [0.25, 0.3) is 5.91 Å². The molecular formula is C30H32N4O3. The Kier molecular flexibility index (Phi) is 8.03. The highest BCUT2D eigenvalue weighted by atomic mass is 16.5. The molecule has 190 valence electrons. The highest BCUT2D eigenvalue weighted by molar-refractivity contribution is 5.99. The number of nitrogens with one attached hydrogen (secondary N) is 1. The van der Waals surface area contributed by atoms with Crippen molar-refractivity contribution in [1.29, 1.82) is 0 Å². The molecule has 2 amide bonds. The van der Waals surface area contributed by atoms with Crippen LogP contribution in [-0.4, -0.2) is 45.5 Å².